The summed E-state index contributed by atoms with van der Waals surface area (Å²) in [6.45, 7) is 5.98. The maximum absolute atomic E-state index is 11.8. The molecule has 6 heteroatoms. The van der Waals surface area contributed by atoms with Crippen LogP contribution in [0.2, 0.25) is 0 Å². The third-order valence-corrected chi connectivity index (χ3v) is 3.08. The molecule has 1 saturated heterocycles. The van der Waals surface area contributed by atoms with Gasteiger partial charge in [-0.3, -0.25) is 9.59 Å². The quantitative estimate of drug-likeness (QED) is 0.662. The minimum atomic E-state index is -0.838. The van der Waals surface area contributed by atoms with Crippen molar-refractivity contribution in [2.45, 2.75) is 13.8 Å². The highest BCUT2D eigenvalue weighted by atomic mass is 16.5. The fourth-order valence-corrected chi connectivity index (χ4v) is 2.00. The molecule has 1 N–H and O–H groups in total. The highest BCUT2D eigenvalue weighted by Crippen LogP contribution is 2.23. The molecule has 2 atom stereocenters. The van der Waals surface area contributed by atoms with Crippen LogP contribution in [-0.4, -0.2) is 61.4 Å². The molecule has 6 nitrogen and oxygen atoms in total. The van der Waals surface area contributed by atoms with E-state index in [9.17, 15) is 9.59 Å². The molecule has 0 bridgehead atoms. The predicted molar refractivity (Wildman–Crippen MR) is 64.2 cm³/mol. The molecule has 0 saturated carbocycles. The second-order valence-corrected chi connectivity index (χ2v) is 4.47. The molecule has 0 spiro atoms. The summed E-state index contributed by atoms with van der Waals surface area (Å²) in [5.74, 6) is -1.45. The van der Waals surface area contributed by atoms with E-state index >= 15 is 0 Å². The van der Waals surface area contributed by atoms with Crippen LogP contribution in [0, 0.1) is 11.8 Å². The van der Waals surface area contributed by atoms with Crippen molar-refractivity contribution in [3.05, 3.63) is 0 Å². The highest BCUT2D eigenvalue weighted by Gasteiger charge is 2.36. The summed E-state index contributed by atoms with van der Waals surface area (Å²) in [5, 5.41) is 8.97. The second kappa shape index (κ2) is 7.33. The summed E-state index contributed by atoms with van der Waals surface area (Å²) in [4.78, 5) is 24.2. The molecule has 1 fully saturated rings. The molecule has 1 aliphatic heterocycles. The SMILES string of the molecule is CCOCCOCC(=O)N1C[C@@H](C)[C@H](C(=O)O)C1. The zero-order valence-corrected chi connectivity index (χ0v) is 10.9. The molecule has 1 heterocycles. The Balaban J connectivity index is 2.25. The normalized spacial score (nSPS) is 23.3. The fraction of sp³-hybridized carbons (Fsp3) is 0.833. The monoisotopic (exact) mass is 259 g/mol. The molecule has 0 aromatic rings. The molecule has 0 radical (unpaired) electrons. The first-order valence-corrected chi connectivity index (χ1v) is 6.22. The molecular weight excluding hydrogens is 238 g/mol. The molecule has 0 aromatic heterocycles. The Morgan fingerprint density at radius 1 is 1.28 bits per heavy atom. The average molecular weight is 259 g/mol. The number of carboxylic acids is 1. The van der Waals surface area contributed by atoms with E-state index < -0.39 is 11.9 Å². The van der Waals surface area contributed by atoms with Crippen molar-refractivity contribution in [1.29, 1.82) is 0 Å². The fourth-order valence-electron chi connectivity index (χ4n) is 2.00. The van der Waals surface area contributed by atoms with Gasteiger partial charge in [-0.15, -0.1) is 0 Å². The van der Waals surface area contributed by atoms with Crippen LogP contribution >= 0.6 is 0 Å². The third kappa shape index (κ3) is 4.27. The van der Waals surface area contributed by atoms with Gasteiger partial charge < -0.3 is 19.5 Å². The van der Waals surface area contributed by atoms with E-state index in [4.69, 9.17) is 14.6 Å². The lowest BCUT2D eigenvalue weighted by atomic mass is 9.99. The summed E-state index contributed by atoms with van der Waals surface area (Å²) >= 11 is 0. The maximum Gasteiger partial charge on any atom is 0.308 e. The van der Waals surface area contributed by atoms with Gasteiger partial charge in [-0.05, 0) is 12.8 Å². The number of hydrogen-bond acceptors (Lipinski definition) is 4. The van der Waals surface area contributed by atoms with Crippen molar-refractivity contribution in [3.63, 3.8) is 0 Å². The highest BCUT2D eigenvalue weighted by molar-refractivity contribution is 5.79. The number of rotatable bonds is 7. The smallest absolute Gasteiger partial charge is 0.308 e. The Labute approximate surface area is 107 Å². The Hall–Kier alpha value is -1.14. The molecule has 18 heavy (non-hydrogen) atoms. The molecule has 104 valence electrons. The zero-order chi connectivity index (χ0) is 13.5. The summed E-state index contributed by atoms with van der Waals surface area (Å²) < 4.78 is 10.3. The van der Waals surface area contributed by atoms with E-state index in [1.165, 1.54) is 0 Å². The Morgan fingerprint density at radius 2 is 1.94 bits per heavy atom. The van der Waals surface area contributed by atoms with Gasteiger partial charge in [-0.25, -0.2) is 0 Å². The van der Waals surface area contributed by atoms with Crippen LogP contribution in [0.4, 0.5) is 0 Å². The lowest BCUT2D eigenvalue weighted by Crippen LogP contribution is -2.33. The number of amides is 1. The molecular formula is C12H21NO5. The van der Waals surface area contributed by atoms with Gasteiger partial charge in [0.2, 0.25) is 5.91 Å². The van der Waals surface area contributed by atoms with Crippen LogP contribution < -0.4 is 0 Å². The summed E-state index contributed by atoms with van der Waals surface area (Å²) in [6.07, 6.45) is 0. The number of carboxylic acid groups (broad SMARTS) is 1. The number of carbonyl (C=O) groups is 2. The molecule has 0 unspecified atom stereocenters. The van der Waals surface area contributed by atoms with Gasteiger partial charge in [-0.1, -0.05) is 6.92 Å². The van der Waals surface area contributed by atoms with Gasteiger partial charge in [0.25, 0.3) is 0 Å². The Kier molecular flexibility index (Phi) is 6.07. The molecule has 0 aliphatic carbocycles. The van der Waals surface area contributed by atoms with Gasteiger partial charge in [0.15, 0.2) is 0 Å². The molecule has 1 aliphatic rings. The predicted octanol–water partition coefficient (Wildman–Crippen LogP) is 0.219. The standard InChI is InChI=1S/C12H21NO5/c1-3-17-4-5-18-8-11(14)13-6-9(2)10(7-13)12(15)16/h9-10H,3-8H2,1-2H3,(H,15,16)/t9-,10-/m1/s1. The number of ether oxygens (including phenoxy) is 2. The second-order valence-electron chi connectivity index (χ2n) is 4.47. The van der Waals surface area contributed by atoms with Crippen LogP contribution in [0.3, 0.4) is 0 Å². The number of hydrogen-bond donors (Lipinski definition) is 1. The molecule has 1 amide bonds. The first-order valence-electron chi connectivity index (χ1n) is 6.22. The topological polar surface area (TPSA) is 76.1 Å². The number of carbonyl (C=O) groups excluding carboxylic acids is 1. The van der Waals surface area contributed by atoms with Crippen LogP contribution in [0.5, 0.6) is 0 Å². The van der Waals surface area contributed by atoms with E-state index in [-0.39, 0.29) is 25.0 Å². The van der Waals surface area contributed by atoms with E-state index in [1.54, 1.807) is 4.90 Å². The van der Waals surface area contributed by atoms with Crippen molar-refractivity contribution < 1.29 is 24.2 Å². The van der Waals surface area contributed by atoms with Crippen LogP contribution in [0.25, 0.3) is 0 Å². The number of likely N-dealkylation sites (tertiary alicyclic amines) is 1. The third-order valence-electron chi connectivity index (χ3n) is 3.08. The van der Waals surface area contributed by atoms with Gasteiger partial charge >= 0.3 is 5.97 Å². The van der Waals surface area contributed by atoms with Gasteiger partial charge in [-0.2, -0.15) is 0 Å². The van der Waals surface area contributed by atoms with E-state index in [1.807, 2.05) is 13.8 Å². The van der Waals surface area contributed by atoms with Gasteiger partial charge in [0, 0.05) is 19.7 Å². The minimum absolute atomic E-state index is 0.00475. The average Bonchev–Trinajstić information content (AvgIpc) is 2.71. The van der Waals surface area contributed by atoms with Crippen molar-refractivity contribution in [1.82, 2.24) is 4.90 Å². The van der Waals surface area contributed by atoms with Crippen LogP contribution in [0.1, 0.15) is 13.8 Å². The van der Waals surface area contributed by atoms with Gasteiger partial charge in [0.05, 0.1) is 19.1 Å². The lowest BCUT2D eigenvalue weighted by molar-refractivity contribution is -0.142. The van der Waals surface area contributed by atoms with Crippen LogP contribution in [-0.2, 0) is 19.1 Å². The Bertz CT molecular complexity index is 294. The van der Waals surface area contributed by atoms with Gasteiger partial charge in [0.1, 0.15) is 6.61 Å². The van der Waals surface area contributed by atoms with Crippen molar-refractivity contribution in [3.8, 4) is 0 Å². The van der Waals surface area contributed by atoms with Crippen molar-refractivity contribution in [2.24, 2.45) is 11.8 Å². The summed E-state index contributed by atoms with van der Waals surface area (Å²) in [7, 11) is 0. The number of aliphatic carboxylic acids is 1. The largest absolute Gasteiger partial charge is 0.481 e. The Morgan fingerprint density at radius 3 is 2.50 bits per heavy atom. The first-order chi connectivity index (χ1) is 8.56. The molecule has 0 aromatic carbocycles. The van der Waals surface area contributed by atoms with Crippen molar-refractivity contribution >= 4 is 11.9 Å². The van der Waals surface area contributed by atoms with Crippen molar-refractivity contribution in [2.75, 3.05) is 39.5 Å². The first kappa shape index (κ1) is 14.9. The number of nitrogens with zero attached hydrogens (tertiary/aromatic N) is 1. The minimum Gasteiger partial charge on any atom is -0.481 e. The summed E-state index contributed by atoms with van der Waals surface area (Å²) in [5.41, 5.74) is 0. The van der Waals surface area contributed by atoms with Crippen LogP contribution in [0.15, 0.2) is 0 Å². The maximum atomic E-state index is 11.8. The zero-order valence-electron chi connectivity index (χ0n) is 10.9. The lowest BCUT2D eigenvalue weighted by Gasteiger charge is -2.15. The molecule has 1 rings (SSSR count). The van der Waals surface area contributed by atoms with E-state index in [2.05, 4.69) is 0 Å². The van der Waals surface area contributed by atoms with E-state index in [0.29, 0.717) is 26.4 Å². The van der Waals surface area contributed by atoms with E-state index in [0.717, 1.165) is 0 Å². The summed E-state index contributed by atoms with van der Waals surface area (Å²) in [6, 6.07) is 0.